The number of fused-ring (bicyclic) bond motifs is 6. The van der Waals surface area contributed by atoms with E-state index in [1.165, 1.54) is 9.91 Å². The highest BCUT2D eigenvalue weighted by Crippen LogP contribution is 2.42. The molecule has 1 saturated heterocycles. The number of pyridine rings is 1. The highest BCUT2D eigenvalue weighted by Gasteiger charge is 2.37. The van der Waals surface area contributed by atoms with Gasteiger partial charge in [0.1, 0.15) is 12.1 Å². The van der Waals surface area contributed by atoms with E-state index in [-0.39, 0.29) is 49.8 Å². The van der Waals surface area contributed by atoms with Crippen LogP contribution in [-0.2, 0) is 48.0 Å². The quantitative estimate of drug-likeness (QED) is 0.0981. The molecule has 6 rings (SSSR count). The van der Waals surface area contributed by atoms with Crippen LogP contribution >= 0.6 is 0 Å². The van der Waals surface area contributed by atoms with Crippen molar-refractivity contribution in [2.24, 2.45) is 21.3 Å². The molecule has 2 aliphatic rings. The number of carbonyl (C=O) groups excluding carboxylic acids is 3. The van der Waals surface area contributed by atoms with Gasteiger partial charge in [-0.25, -0.2) is 15.4 Å². The number of nitrogens with one attached hydrogen (secondary N) is 2. The number of ether oxygens (including phenoxy) is 3. The highest BCUT2D eigenvalue weighted by atomic mass is 16.6. The van der Waals surface area contributed by atoms with Gasteiger partial charge in [0.15, 0.2) is 6.29 Å². The summed E-state index contributed by atoms with van der Waals surface area (Å²) in [4.78, 5) is 56.8. The second kappa shape index (κ2) is 22.3. The van der Waals surface area contributed by atoms with Crippen LogP contribution in [0.15, 0.2) is 70.8 Å². The number of methoxy groups -OCH3 is 2. The van der Waals surface area contributed by atoms with E-state index in [1.54, 1.807) is 27.5 Å². The van der Waals surface area contributed by atoms with Crippen molar-refractivity contribution in [3.63, 3.8) is 0 Å². The van der Waals surface area contributed by atoms with Crippen LogP contribution in [0, 0.1) is 11.3 Å². The van der Waals surface area contributed by atoms with Gasteiger partial charge in [0.25, 0.3) is 5.91 Å². The Morgan fingerprint density at radius 1 is 1.09 bits per heavy atom. The molecule has 2 aromatic heterocycles. The Hall–Kier alpha value is -5.28. The first-order valence-corrected chi connectivity index (χ1v) is 22.9. The van der Waals surface area contributed by atoms with Gasteiger partial charge < -0.3 is 34.1 Å². The van der Waals surface area contributed by atoms with Crippen LogP contribution in [-0.4, -0.2) is 127 Å². The monoisotopic (exact) mass is 893 g/mol. The number of aliphatic hydroxyl groups is 1. The van der Waals surface area contributed by atoms with E-state index in [9.17, 15) is 19.5 Å². The van der Waals surface area contributed by atoms with E-state index < -0.39 is 35.7 Å². The number of carbonyl (C=O) groups is 3. The minimum absolute atomic E-state index is 0.0604. The van der Waals surface area contributed by atoms with Crippen molar-refractivity contribution in [3.8, 4) is 22.4 Å². The Morgan fingerprint density at radius 3 is 2.60 bits per heavy atom. The van der Waals surface area contributed by atoms with E-state index >= 15 is 0 Å². The molecule has 15 nitrogen and oxygen atoms in total. The van der Waals surface area contributed by atoms with E-state index in [0.29, 0.717) is 39.0 Å². The maximum Gasteiger partial charge on any atom is 0.259 e. The van der Waals surface area contributed by atoms with E-state index in [2.05, 4.69) is 88.5 Å². The molecule has 6 bridgehead atoms. The first-order chi connectivity index (χ1) is 31.2. The summed E-state index contributed by atoms with van der Waals surface area (Å²) in [5.41, 5.74) is 10.8. The van der Waals surface area contributed by atoms with Gasteiger partial charge in [-0.2, -0.15) is 0 Å². The van der Waals surface area contributed by atoms with Gasteiger partial charge in [-0.1, -0.05) is 58.0 Å². The average molecular weight is 893 g/mol. The van der Waals surface area contributed by atoms with E-state index in [1.807, 2.05) is 39.0 Å². The minimum Gasteiger partial charge on any atom is -0.383 e. The number of rotatable bonds is 14. The van der Waals surface area contributed by atoms with Crippen LogP contribution in [0.2, 0.25) is 0 Å². The van der Waals surface area contributed by atoms with Gasteiger partial charge in [0, 0.05) is 69.9 Å². The number of hydrogen-bond acceptors (Lipinski definition) is 11. The topological polar surface area (TPSA) is 172 Å². The largest absolute Gasteiger partial charge is 0.383 e. The van der Waals surface area contributed by atoms with Gasteiger partial charge >= 0.3 is 0 Å². The molecule has 0 radical (unpaired) electrons. The van der Waals surface area contributed by atoms with Crippen LogP contribution in [0.1, 0.15) is 83.7 Å². The lowest BCUT2D eigenvalue weighted by atomic mass is 9.84. The molecule has 5 atom stereocenters. The molecule has 3 amide bonds. The summed E-state index contributed by atoms with van der Waals surface area (Å²) >= 11 is 0. The van der Waals surface area contributed by atoms with Gasteiger partial charge in [0.05, 0.1) is 55.8 Å². The molecule has 4 heterocycles. The van der Waals surface area contributed by atoms with Gasteiger partial charge in [-0.3, -0.25) is 24.4 Å². The summed E-state index contributed by atoms with van der Waals surface area (Å²) in [6.45, 7) is 14.6. The average Bonchev–Trinajstić information content (AvgIpc) is 3.60. The van der Waals surface area contributed by atoms with Crippen molar-refractivity contribution in [2.45, 2.75) is 111 Å². The Labute approximate surface area is 383 Å². The molecular weight excluding hydrogens is 825 g/mol. The number of aryl methyl sites for hydroxylation is 1. The Morgan fingerprint density at radius 2 is 1.86 bits per heavy atom. The second-order valence-electron chi connectivity index (χ2n) is 18.3. The number of amides is 3. The highest BCUT2D eigenvalue weighted by molar-refractivity contribution is 5.96. The summed E-state index contributed by atoms with van der Waals surface area (Å²) < 4.78 is 19.5. The standard InChI is InChI=1S/C50H68N8O7/c1-10-57-42-19-18-36-28-38(42)39(46(57)37-16-12-21-53-44(37)33(4)64-9)29-50(5,6)30-65-49(62)40-17-13-24-58(55-40)48(61)41(27-34-14-11-15-35(36)26-34)54-47(60)45(32(2)3)56(7)43(59)20-22-51-31-52-23-25-63-8/h11-12,14-16,18-19,21,26,28,32-33,40-41,45,49,55,62H,10,13,17,20,22-25,27,29-30H2,1-9H3,(H,54,60)/t33-,40-,41-,45-,49?/m0/s1. The fraction of sp³-hybridized carbons (Fsp3) is 0.540. The lowest BCUT2D eigenvalue weighted by Gasteiger charge is -2.39. The summed E-state index contributed by atoms with van der Waals surface area (Å²) in [7, 11) is 4.89. The number of likely N-dealkylation sites (N-methyl/N-ethyl adjacent to an activating group) is 1. The zero-order valence-corrected chi connectivity index (χ0v) is 39.6. The van der Waals surface area contributed by atoms with Crippen molar-refractivity contribution in [1.29, 1.82) is 0 Å². The number of aliphatic imine (C=N–C) groups is 2. The van der Waals surface area contributed by atoms with Crippen LogP contribution < -0.4 is 10.7 Å². The Balaban J connectivity index is 1.40. The molecule has 350 valence electrons. The number of hydrogen-bond donors (Lipinski definition) is 3. The fourth-order valence-electron chi connectivity index (χ4n) is 9.06. The predicted molar refractivity (Wildman–Crippen MR) is 252 cm³/mol. The second-order valence-corrected chi connectivity index (χ2v) is 18.3. The maximum atomic E-state index is 14.7. The van der Waals surface area contributed by atoms with Gasteiger partial charge in [-0.15, -0.1) is 0 Å². The zero-order chi connectivity index (χ0) is 46.8. The lowest BCUT2D eigenvalue weighted by molar-refractivity contribution is -0.164. The third-order valence-corrected chi connectivity index (χ3v) is 12.5. The molecule has 1 fully saturated rings. The number of aromatic nitrogens is 2. The van der Waals surface area contributed by atoms with Crippen LogP contribution in [0.25, 0.3) is 33.3 Å². The van der Waals surface area contributed by atoms with Crippen molar-refractivity contribution in [1.82, 2.24) is 30.2 Å². The molecule has 2 aliphatic heterocycles. The van der Waals surface area contributed by atoms with Crippen molar-refractivity contribution in [2.75, 3.05) is 54.1 Å². The van der Waals surface area contributed by atoms with Crippen LogP contribution in [0.5, 0.6) is 0 Å². The smallest absolute Gasteiger partial charge is 0.259 e. The molecule has 2 aromatic carbocycles. The number of aliphatic hydroxyl groups excluding tert-OH is 1. The van der Waals surface area contributed by atoms with Gasteiger partial charge in [0.2, 0.25) is 11.8 Å². The zero-order valence-electron chi connectivity index (χ0n) is 39.6. The third kappa shape index (κ3) is 11.8. The summed E-state index contributed by atoms with van der Waals surface area (Å²) in [5, 5.41) is 17.3. The number of hydrazine groups is 1. The van der Waals surface area contributed by atoms with Crippen molar-refractivity contribution >= 4 is 34.6 Å². The molecule has 65 heavy (non-hydrogen) atoms. The molecule has 0 spiro atoms. The first kappa shape index (κ1) is 49.2. The lowest BCUT2D eigenvalue weighted by Crippen LogP contribution is -2.62. The van der Waals surface area contributed by atoms with Crippen molar-refractivity contribution in [3.05, 3.63) is 77.6 Å². The summed E-state index contributed by atoms with van der Waals surface area (Å²) in [5.74, 6) is -1.33. The van der Waals surface area contributed by atoms with Gasteiger partial charge in [-0.05, 0) is 91.0 Å². The first-order valence-electron chi connectivity index (χ1n) is 22.9. The summed E-state index contributed by atoms with van der Waals surface area (Å²) in [6.07, 6.45) is 2.42. The van der Waals surface area contributed by atoms with E-state index in [0.717, 1.165) is 56.7 Å². The number of nitrogens with zero attached hydrogens (tertiary/aromatic N) is 6. The third-order valence-electron chi connectivity index (χ3n) is 12.5. The number of benzene rings is 2. The molecule has 1 unspecified atom stereocenters. The summed E-state index contributed by atoms with van der Waals surface area (Å²) in [6, 6.07) is 18.9. The molecule has 0 aliphatic carbocycles. The SMILES string of the molecule is CCn1c(-c2cccnc2[C@H](C)OC)c2c3cc(ccc31)-c1cccc(c1)C[C@H](NC(=O)[C@H](C(C)C)N(C)C(=O)CCN=C=NCCOC)C(=O)N1CCC[C@H](N1)C(O)OCC(C)(C)C2. The Bertz CT molecular complexity index is 2350. The van der Waals surface area contributed by atoms with E-state index in [4.69, 9.17) is 19.2 Å². The van der Waals surface area contributed by atoms with Crippen molar-refractivity contribution < 1.29 is 33.7 Å². The molecule has 0 saturated carbocycles. The van der Waals surface area contributed by atoms with Crippen LogP contribution in [0.3, 0.4) is 0 Å². The predicted octanol–water partition coefficient (Wildman–Crippen LogP) is 6.23. The molecule has 3 N–H and O–H groups in total. The molecular formula is C50H68N8O7. The van der Waals surface area contributed by atoms with Crippen LogP contribution in [0.4, 0.5) is 0 Å². The molecule has 15 heteroatoms. The normalized spacial score (nSPS) is 19.8. The maximum absolute atomic E-state index is 14.7. The fourth-order valence-corrected chi connectivity index (χ4v) is 9.06. The molecule has 4 aromatic rings. The minimum atomic E-state index is -1.21. The Kier molecular flexibility index (Phi) is 16.8.